The van der Waals surface area contributed by atoms with Gasteiger partial charge in [-0.3, -0.25) is 4.90 Å². The molecule has 2 aliphatic heterocycles. The van der Waals surface area contributed by atoms with E-state index >= 15 is 0 Å². The molecule has 0 aromatic heterocycles. The van der Waals surface area contributed by atoms with Gasteiger partial charge in [0, 0.05) is 48.4 Å². The lowest BCUT2D eigenvalue weighted by atomic mass is 10.1. The maximum Gasteiger partial charge on any atom is 0.0378 e. The summed E-state index contributed by atoms with van der Waals surface area (Å²) in [5.41, 5.74) is 2.70. The summed E-state index contributed by atoms with van der Waals surface area (Å²) in [6.45, 7) is 10.2. The summed E-state index contributed by atoms with van der Waals surface area (Å²) in [5, 5.41) is 3.48. The molecule has 116 valence electrons. The molecule has 0 radical (unpaired) electrons. The predicted molar refractivity (Wildman–Crippen MR) is 92.9 cm³/mol. The first kappa shape index (κ1) is 15.3. The van der Waals surface area contributed by atoms with Crippen molar-refractivity contribution in [2.75, 3.05) is 31.1 Å². The van der Waals surface area contributed by atoms with Crippen molar-refractivity contribution in [2.45, 2.75) is 45.3 Å². The average Bonchev–Trinajstić information content (AvgIpc) is 2.93. The lowest BCUT2D eigenvalue weighted by Gasteiger charge is -2.39. The fourth-order valence-corrected chi connectivity index (χ4v) is 3.92. The number of piperazine rings is 1. The van der Waals surface area contributed by atoms with E-state index < -0.39 is 0 Å². The highest BCUT2D eigenvalue weighted by Crippen LogP contribution is 2.28. The topological polar surface area (TPSA) is 18.5 Å². The molecular weight excluding hydrogens is 326 g/mol. The highest BCUT2D eigenvalue weighted by Gasteiger charge is 2.30. The first-order valence-corrected chi connectivity index (χ1v) is 8.93. The number of nitrogens with one attached hydrogen (secondary N) is 1. The molecule has 0 bridgehead atoms. The van der Waals surface area contributed by atoms with E-state index in [1.165, 1.54) is 48.2 Å². The number of hydrogen-bond acceptors (Lipinski definition) is 3. The van der Waals surface area contributed by atoms with E-state index in [-0.39, 0.29) is 0 Å². The van der Waals surface area contributed by atoms with E-state index in [0.29, 0.717) is 6.04 Å². The van der Waals surface area contributed by atoms with E-state index in [4.69, 9.17) is 0 Å². The molecule has 1 aromatic carbocycles. The minimum absolute atomic E-state index is 0.520. The molecule has 0 spiro atoms. The molecule has 2 fully saturated rings. The predicted octanol–water partition coefficient (Wildman–Crippen LogP) is 3.23. The van der Waals surface area contributed by atoms with Crippen molar-refractivity contribution in [3.8, 4) is 0 Å². The zero-order valence-corrected chi connectivity index (χ0v) is 14.7. The van der Waals surface area contributed by atoms with Crippen LogP contribution in [-0.4, -0.2) is 43.2 Å². The van der Waals surface area contributed by atoms with Crippen molar-refractivity contribution in [2.24, 2.45) is 0 Å². The van der Waals surface area contributed by atoms with Gasteiger partial charge in [-0.25, -0.2) is 0 Å². The zero-order valence-electron chi connectivity index (χ0n) is 13.1. The molecule has 0 aliphatic carbocycles. The second kappa shape index (κ2) is 6.67. The van der Waals surface area contributed by atoms with Gasteiger partial charge < -0.3 is 10.2 Å². The molecular formula is C17H26BrN3. The van der Waals surface area contributed by atoms with Crippen LogP contribution in [0.15, 0.2) is 22.7 Å². The van der Waals surface area contributed by atoms with Crippen molar-refractivity contribution < 1.29 is 0 Å². The molecule has 2 aliphatic rings. The molecule has 1 aromatic rings. The lowest BCUT2D eigenvalue weighted by molar-refractivity contribution is 0.231. The van der Waals surface area contributed by atoms with Gasteiger partial charge in [0.05, 0.1) is 0 Å². The van der Waals surface area contributed by atoms with Gasteiger partial charge in [-0.1, -0.05) is 35.8 Å². The normalized spacial score (nSPS) is 22.9. The maximum atomic E-state index is 3.74. The number of nitrogens with zero attached hydrogens (tertiary/aromatic N) is 2. The Labute approximate surface area is 136 Å². The standard InChI is InChI=1S/C17H26BrN3/c1-13(2)19-11-14-5-6-15(10-17(14)18)21-9-8-20-7-3-4-16(20)12-21/h5-6,10,13,16,19H,3-4,7-9,11-12H2,1-2H3. The fraction of sp³-hybridized carbons (Fsp3) is 0.647. The van der Waals surface area contributed by atoms with Crippen LogP contribution in [-0.2, 0) is 6.54 Å². The SMILES string of the molecule is CC(C)NCc1ccc(N2CCN3CCCC3C2)cc1Br. The number of benzene rings is 1. The number of hydrogen-bond donors (Lipinski definition) is 1. The number of fused-ring (bicyclic) bond motifs is 1. The van der Waals surface area contributed by atoms with Crippen LogP contribution in [0.5, 0.6) is 0 Å². The van der Waals surface area contributed by atoms with Gasteiger partial charge in [0.1, 0.15) is 0 Å². The minimum atomic E-state index is 0.520. The van der Waals surface area contributed by atoms with Gasteiger partial charge in [0.15, 0.2) is 0 Å². The Morgan fingerprint density at radius 3 is 2.90 bits per heavy atom. The van der Waals surface area contributed by atoms with Gasteiger partial charge in [-0.05, 0) is 37.1 Å². The van der Waals surface area contributed by atoms with Crippen molar-refractivity contribution in [3.05, 3.63) is 28.2 Å². The number of anilines is 1. The van der Waals surface area contributed by atoms with Gasteiger partial charge >= 0.3 is 0 Å². The van der Waals surface area contributed by atoms with Crippen molar-refractivity contribution in [1.82, 2.24) is 10.2 Å². The summed E-state index contributed by atoms with van der Waals surface area (Å²) in [7, 11) is 0. The Morgan fingerprint density at radius 2 is 2.14 bits per heavy atom. The summed E-state index contributed by atoms with van der Waals surface area (Å²) in [5.74, 6) is 0. The van der Waals surface area contributed by atoms with Crippen molar-refractivity contribution in [3.63, 3.8) is 0 Å². The Kier molecular flexibility index (Phi) is 4.87. The summed E-state index contributed by atoms with van der Waals surface area (Å²) in [4.78, 5) is 5.21. The summed E-state index contributed by atoms with van der Waals surface area (Å²) < 4.78 is 1.22. The quantitative estimate of drug-likeness (QED) is 0.898. The highest BCUT2D eigenvalue weighted by atomic mass is 79.9. The maximum absolute atomic E-state index is 3.74. The van der Waals surface area contributed by atoms with Gasteiger partial charge in [-0.15, -0.1) is 0 Å². The second-order valence-electron chi connectivity index (χ2n) is 6.59. The first-order valence-electron chi connectivity index (χ1n) is 8.14. The molecule has 3 nitrogen and oxygen atoms in total. The first-order chi connectivity index (χ1) is 10.1. The van der Waals surface area contributed by atoms with E-state index in [9.17, 15) is 0 Å². The summed E-state index contributed by atoms with van der Waals surface area (Å²) in [6, 6.07) is 8.14. The zero-order chi connectivity index (χ0) is 14.8. The van der Waals surface area contributed by atoms with Crippen LogP contribution >= 0.6 is 15.9 Å². The van der Waals surface area contributed by atoms with Crippen LogP contribution in [0.4, 0.5) is 5.69 Å². The molecule has 1 unspecified atom stereocenters. The molecule has 1 N–H and O–H groups in total. The van der Waals surface area contributed by atoms with Crippen LogP contribution in [0.2, 0.25) is 0 Å². The van der Waals surface area contributed by atoms with E-state index in [2.05, 4.69) is 63.1 Å². The molecule has 3 rings (SSSR count). The largest absolute Gasteiger partial charge is 0.369 e. The summed E-state index contributed by atoms with van der Waals surface area (Å²) in [6.07, 6.45) is 2.75. The smallest absolute Gasteiger partial charge is 0.0378 e. The Hall–Kier alpha value is -0.580. The monoisotopic (exact) mass is 351 g/mol. The van der Waals surface area contributed by atoms with E-state index in [1.807, 2.05) is 0 Å². The Bertz CT molecular complexity index is 489. The van der Waals surface area contributed by atoms with Crippen LogP contribution in [0.3, 0.4) is 0 Å². The van der Waals surface area contributed by atoms with Gasteiger partial charge in [-0.2, -0.15) is 0 Å². The van der Waals surface area contributed by atoms with E-state index in [0.717, 1.165) is 19.1 Å². The van der Waals surface area contributed by atoms with Crippen LogP contribution in [0.25, 0.3) is 0 Å². The van der Waals surface area contributed by atoms with Crippen molar-refractivity contribution >= 4 is 21.6 Å². The second-order valence-corrected chi connectivity index (χ2v) is 7.44. The van der Waals surface area contributed by atoms with E-state index in [1.54, 1.807) is 0 Å². The van der Waals surface area contributed by atoms with Crippen LogP contribution in [0, 0.1) is 0 Å². The molecule has 2 heterocycles. The third kappa shape index (κ3) is 3.61. The highest BCUT2D eigenvalue weighted by molar-refractivity contribution is 9.10. The minimum Gasteiger partial charge on any atom is -0.369 e. The Morgan fingerprint density at radius 1 is 1.29 bits per heavy atom. The molecule has 2 saturated heterocycles. The molecule has 1 atom stereocenters. The summed E-state index contributed by atoms with van der Waals surface area (Å²) >= 11 is 3.74. The molecule has 21 heavy (non-hydrogen) atoms. The third-order valence-corrected chi connectivity index (χ3v) is 5.43. The van der Waals surface area contributed by atoms with Crippen LogP contribution in [0.1, 0.15) is 32.3 Å². The van der Waals surface area contributed by atoms with Gasteiger partial charge in [0.25, 0.3) is 0 Å². The molecule has 0 amide bonds. The fourth-order valence-electron chi connectivity index (χ4n) is 3.42. The van der Waals surface area contributed by atoms with Crippen molar-refractivity contribution in [1.29, 1.82) is 0 Å². The number of rotatable bonds is 4. The lowest BCUT2D eigenvalue weighted by Crippen LogP contribution is -2.50. The van der Waals surface area contributed by atoms with Crippen LogP contribution < -0.4 is 10.2 Å². The third-order valence-electron chi connectivity index (χ3n) is 4.69. The van der Waals surface area contributed by atoms with Gasteiger partial charge in [0.2, 0.25) is 0 Å². The average molecular weight is 352 g/mol. The number of halogens is 1. The molecule has 4 heteroatoms. The molecule has 0 saturated carbocycles. The Balaban J connectivity index is 1.67.